The quantitative estimate of drug-likeness (QED) is 0.821. The first kappa shape index (κ1) is 13.4. The first-order valence-corrected chi connectivity index (χ1v) is 6.55. The fourth-order valence-electron chi connectivity index (χ4n) is 2.54. The van der Waals surface area contributed by atoms with E-state index in [1.807, 2.05) is 18.2 Å². The summed E-state index contributed by atoms with van der Waals surface area (Å²) in [5.74, 6) is 0.0378. The fraction of sp³-hybridized carbons (Fsp3) is 0.312. The normalized spacial score (nSPS) is 15.0. The van der Waals surface area contributed by atoms with Gasteiger partial charge in [-0.1, -0.05) is 36.9 Å². The van der Waals surface area contributed by atoms with E-state index in [-0.39, 0.29) is 11.9 Å². The third-order valence-corrected chi connectivity index (χ3v) is 3.59. The van der Waals surface area contributed by atoms with Crippen molar-refractivity contribution in [1.29, 1.82) is 0 Å². The molecule has 19 heavy (non-hydrogen) atoms. The Morgan fingerprint density at radius 1 is 1.53 bits per heavy atom. The molecule has 1 atom stereocenters. The van der Waals surface area contributed by atoms with Crippen LogP contribution in [0.3, 0.4) is 0 Å². The predicted molar refractivity (Wildman–Crippen MR) is 78.3 cm³/mol. The van der Waals surface area contributed by atoms with E-state index in [9.17, 15) is 4.79 Å². The lowest BCUT2D eigenvalue weighted by Gasteiger charge is -2.28. The maximum absolute atomic E-state index is 12.1. The third kappa shape index (κ3) is 2.55. The Hall–Kier alpha value is -2.03. The zero-order chi connectivity index (χ0) is 13.8. The number of benzene rings is 1. The Kier molecular flexibility index (Phi) is 4.05. The highest BCUT2D eigenvalue weighted by Gasteiger charge is 2.31. The molecule has 0 aliphatic carbocycles. The van der Waals surface area contributed by atoms with Crippen molar-refractivity contribution in [3.63, 3.8) is 0 Å². The minimum atomic E-state index is -0.178. The monoisotopic (exact) mass is 256 g/mol. The molecule has 0 spiro atoms. The van der Waals surface area contributed by atoms with Crippen LogP contribution in [-0.4, -0.2) is 23.9 Å². The van der Waals surface area contributed by atoms with Gasteiger partial charge in [-0.2, -0.15) is 0 Å². The molecule has 1 aliphatic rings. The van der Waals surface area contributed by atoms with Crippen LogP contribution in [0.1, 0.15) is 24.0 Å². The van der Waals surface area contributed by atoms with Crippen molar-refractivity contribution in [1.82, 2.24) is 10.2 Å². The SMILES string of the molecule is C=CCCC(C(=O)NC)N1Cc2ccccc2C1=C. The number of fused-ring (bicyclic) bond motifs is 1. The van der Waals surface area contributed by atoms with Gasteiger partial charge in [-0.05, 0) is 18.4 Å². The van der Waals surface area contributed by atoms with E-state index in [1.54, 1.807) is 7.05 Å². The molecule has 3 heteroatoms. The number of carbonyl (C=O) groups is 1. The Morgan fingerprint density at radius 2 is 2.26 bits per heavy atom. The number of hydrogen-bond donors (Lipinski definition) is 1. The van der Waals surface area contributed by atoms with Crippen molar-refractivity contribution in [2.45, 2.75) is 25.4 Å². The molecule has 3 nitrogen and oxygen atoms in total. The van der Waals surface area contributed by atoms with Gasteiger partial charge in [-0.3, -0.25) is 4.79 Å². The smallest absolute Gasteiger partial charge is 0.242 e. The minimum Gasteiger partial charge on any atom is -0.357 e. The van der Waals surface area contributed by atoms with Crippen molar-refractivity contribution < 1.29 is 4.79 Å². The van der Waals surface area contributed by atoms with Crippen LogP contribution in [0.15, 0.2) is 43.5 Å². The van der Waals surface area contributed by atoms with Crippen LogP contribution < -0.4 is 5.32 Å². The van der Waals surface area contributed by atoms with E-state index >= 15 is 0 Å². The minimum absolute atomic E-state index is 0.0378. The Labute approximate surface area is 114 Å². The van der Waals surface area contributed by atoms with E-state index in [4.69, 9.17) is 0 Å². The van der Waals surface area contributed by atoms with Gasteiger partial charge in [0.05, 0.1) is 0 Å². The van der Waals surface area contributed by atoms with Crippen molar-refractivity contribution in [2.75, 3.05) is 7.05 Å². The number of amides is 1. The second-order valence-electron chi connectivity index (χ2n) is 4.73. The van der Waals surface area contributed by atoms with Crippen LogP contribution in [-0.2, 0) is 11.3 Å². The predicted octanol–water partition coefficient (Wildman–Crippen LogP) is 2.55. The lowest BCUT2D eigenvalue weighted by Crippen LogP contribution is -2.42. The molecule has 1 unspecified atom stereocenters. The lowest BCUT2D eigenvalue weighted by molar-refractivity contribution is -0.125. The van der Waals surface area contributed by atoms with E-state index in [0.29, 0.717) is 0 Å². The van der Waals surface area contributed by atoms with Crippen LogP contribution >= 0.6 is 0 Å². The fourth-order valence-corrected chi connectivity index (χ4v) is 2.54. The highest BCUT2D eigenvalue weighted by molar-refractivity contribution is 5.84. The van der Waals surface area contributed by atoms with Crippen LogP contribution in [0.2, 0.25) is 0 Å². The summed E-state index contributed by atoms with van der Waals surface area (Å²) in [6, 6.07) is 8.00. The van der Waals surface area contributed by atoms with Crippen LogP contribution in [0.5, 0.6) is 0 Å². The van der Waals surface area contributed by atoms with Gasteiger partial charge in [0, 0.05) is 24.9 Å². The highest BCUT2D eigenvalue weighted by atomic mass is 16.2. The van der Waals surface area contributed by atoms with Crippen LogP contribution in [0.25, 0.3) is 5.70 Å². The molecular weight excluding hydrogens is 236 g/mol. The molecule has 2 rings (SSSR count). The molecule has 0 aromatic heterocycles. The van der Waals surface area contributed by atoms with Gasteiger partial charge in [-0.25, -0.2) is 0 Å². The molecule has 100 valence electrons. The molecule has 1 amide bonds. The van der Waals surface area contributed by atoms with Crippen molar-refractivity contribution in [2.24, 2.45) is 0 Å². The molecule has 0 saturated heterocycles. The summed E-state index contributed by atoms with van der Waals surface area (Å²) < 4.78 is 0. The Bertz CT molecular complexity index is 507. The van der Waals surface area contributed by atoms with Gasteiger partial charge < -0.3 is 10.2 Å². The van der Waals surface area contributed by atoms with Crippen molar-refractivity contribution in [3.05, 3.63) is 54.6 Å². The van der Waals surface area contributed by atoms with E-state index in [2.05, 4.69) is 35.5 Å². The highest BCUT2D eigenvalue weighted by Crippen LogP contribution is 2.33. The van der Waals surface area contributed by atoms with Gasteiger partial charge in [-0.15, -0.1) is 6.58 Å². The molecule has 0 bridgehead atoms. The average Bonchev–Trinajstić information content (AvgIpc) is 2.77. The number of allylic oxidation sites excluding steroid dienone is 1. The number of carbonyl (C=O) groups excluding carboxylic acids is 1. The maximum Gasteiger partial charge on any atom is 0.242 e. The van der Waals surface area contributed by atoms with E-state index in [1.165, 1.54) is 5.56 Å². The third-order valence-electron chi connectivity index (χ3n) is 3.59. The lowest BCUT2D eigenvalue weighted by atomic mass is 10.1. The number of hydrogen-bond acceptors (Lipinski definition) is 2. The first-order chi connectivity index (χ1) is 9.19. The second kappa shape index (κ2) is 5.74. The largest absolute Gasteiger partial charge is 0.357 e. The van der Waals surface area contributed by atoms with E-state index < -0.39 is 0 Å². The summed E-state index contributed by atoms with van der Waals surface area (Å²) in [7, 11) is 1.68. The first-order valence-electron chi connectivity index (χ1n) is 6.55. The van der Waals surface area contributed by atoms with Gasteiger partial charge in [0.2, 0.25) is 5.91 Å². The van der Waals surface area contributed by atoms with Gasteiger partial charge in [0.1, 0.15) is 6.04 Å². The van der Waals surface area contributed by atoms with Crippen molar-refractivity contribution >= 4 is 11.6 Å². The molecule has 0 saturated carbocycles. The van der Waals surface area contributed by atoms with E-state index in [0.717, 1.165) is 30.6 Å². The average molecular weight is 256 g/mol. The zero-order valence-electron chi connectivity index (χ0n) is 11.4. The van der Waals surface area contributed by atoms with Gasteiger partial charge in [0.25, 0.3) is 0 Å². The Morgan fingerprint density at radius 3 is 2.89 bits per heavy atom. The summed E-state index contributed by atoms with van der Waals surface area (Å²) in [5.41, 5.74) is 3.32. The van der Waals surface area contributed by atoms with Gasteiger partial charge >= 0.3 is 0 Å². The Balaban J connectivity index is 2.23. The summed E-state index contributed by atoms with van der Waals surface area (Å²) in [5, 5.41) is 2.74. The zero-order valence-corrected chi connectivity index (χ0v) is 11.4. The topological polar surface area (TPSA) is 32.3 Å². The molecular formula is C16H20N2O. The second-order valence-corrected chi connectivity index (χ2v) is 4.73. The molecule has 1 aromatic rings. The number of rotatable bonds is 5. The summed E-state index contributed by atoms with van der Waals surface area (Å²) in [4.78, 5) is 14.2. The summed E-state index contributed by atoms with van der Waals surface area (Å²) in [6.07, 6.45) is 3.43. The summed E-state index contributed by atoms with van der Waals surface area (Å²) >= 11 is 0. The molecule has 1 heterocycles. The molecule has 0 fully saturated rings. The summed E-state index contributed by atoms with van der Waals surface area (Å²) in [6.45, 7) is 8.63. The number of nitrogens with one attached hydrogen (secondary N) is 1. The molecule has 0 radical (unpaired) electrons. The molecule has 1 aliphatic heterocycles. The maximum atomic E-state index is 12.1. The number of likely N-dealkylation sites (N-methyl/N-ethyl adjacent to an activating group) is 1. The van der Waals surface area contributed by atoms with Crippen molar-refractivity contribution in [3.8, 4) is 0 Å². The molecule has 1 N–H and O–H groups in total. The van der Waals surface area contributed by atoms with Crippen LogP contribution in [0, 0.1) is 0 Å². The molecule has 1 aromatic carbocycles. The van der Waals surface area contributed by atoms with Crippen LogP contribution in [0.4, 0.5) is 0 Å². The standard InChI is InChI=1S/C16H20N2O/c1-4-5-10-15(16(19)17-3)18-11-13-8-6-7-9-14(13)12(18)2/h4,6-9,15H,1-2,5,10-11H2,3H3,(H,17,19). The van der Waals surface area contributed by atoms with Gasteiger partial charge in [0.15, 0.2) is 0 Å². The number of nitrogens with zero attached hydrogens (tertiary/aromatic N) is 1.